The highest BCUT2D eigenvalue weighted by Crippen LogP contribution is 2.48. The number of carbonyl (C=O) groups is 4. The highest BCUT2D eigenvalue weighted by molar-refractivity contribution is 6.01. The van der Waals surface area contributed by atoms with Gasteiger partial charge in [-0.15, -0.1) is 0 Å². The first-order valence-electron chi connectivity index (χ1n) is 17.6. The summed E-state index contributed by atoms with van der Waals surface area (Å²) in [4.78, 5) is 53.4. The van der Waals surface area contributed by atoms with Crippen molar-refractivity contribution in [2.75, 3.05) is 19.8 Å². The molecule has 49 heavy (non-hydrogen) atoms. The third-order valence-corrected chi connectivity index (χ3v) is 10.8. The number of benzene rings is 1. The second kappa shape index (κ2) is 15.1. The molecule has 2 aromatic rings. The van der Waals surface area contributed by atoms with Crippen molar-refractivity contribution in [2.45, 2.75) is 109 Å². The molecule has 1 aliphatic heterocycles. The lowest BCUT2D eigenvalue weighted by molar-refractivity contribution is -0.142. The highest BCUT2D eigenvalue weighted by Gasteiger charge is 2.60. The van der Waals surface area contributed by atoms with Crippen LogP contribution in [0.15, 0.2) is 28.7 Å². The molecular formula is C36H50F3N4O6+. The third kappa shape index (κ3) is 8.07. The van der Waals surface area contributed by atoms with Crippen LogP contribution < -0.4 is 20.9 Å². The van der Waals surface area contributed by atoms with Crippen molar-refractivity contribution >= 4 is 40.5 Å². The van der Waals surface area contributed by atoms with Gasteiger partial charge >= 0.3 is 12.0 Å². The van der Waals surface area contributed by atoms with Crippen molar-refractivity contribution in [3.8, 4) is 0 Å². The summed E-state index contributed by atoms with van der Waals surface area (Å²) in [6.07, 6.45) is 4.39. The molecule has 3 aliphatic rings. The first-order valence-corrected chi connectivity index (χ1v) is 17.6. The Morgan fingerprint density at radius 1 is 1.00 bits per heavy atom. The number of furan rings is 1. The normalized spacial score (nSPS) is 27.2. The zero-order valence-corrected chi connectivity index (χ0v) is 28.7. The largest absolute Gasteiger partial charge is 0.451 e. The Morgan fingerprint density at radius 2 is 1.69 bits per heavy atom. The Balaban J connectivity index is 1.44. The number of carbonyl (C=O) groups excluding carboxylic acids is 4. The van der Waals surface area contributed by atoms with E-state index in [4.69, 9.17) is 14.9 Å². The molecule has 2 heterocycles. The molecule has 270 valence electrons. The van der Waals surface area contributed by atoms with Crippen LogP contribution in [0.3, 0.4) is 0 Å². The van der Waals surface area contributed by atoms with E-state index < -0.39 is 61.2 Å². The maximum absolute atomic E-state index is 15.0. The van der Waals surface area contributed by atoms with Crippen LogP contribution >= 0.6 is 0 Å². The summed E-state index contributed by atoms with van der Waals surface area (Å²) in [6, 6.07) is 5.03. The molecule has 1 unspecified atom stereocenters. The summed E-state index contributed by atoms with van der Waals surface area (Å²) in [5, 5.41) is 5.31. The maximum atomic E-state index is 15.0. The fourth-order valence-corrected chi connectivity index (χ4v) is 8.61. The van der Waals surface area contributed by atoms with E-state index in [0.717, 1.165) is 32.1 Å². The lowest BCUT2D eigenvalue weighted by atomic mass is 9.75. The molecule has 4 N–H and O–H groups in total. The molecule has 0 radical (unpaired) electrons. The zero-order chi connectivity index (χ0) is 35.5. The number of nitrogens with two attached hydrogens (primary N) is 1. The minimum Gasteiger partial charge on any atom is -0.451 e. The van der Waals surface area contributed by atoms with Gasteiger partial charge in [0.15, 0.2) is 11.8 Å². The highest BCUT2D eigenvalue weighted by atomic mass is 19.3. The molecule has 3 fully saturated rings. The predicted octanol–water partition coefficient (Wildman–Crippen LogP) is 6.38. The molecule has 1 aromatic carbocycles. The van der Waals surface area contributed by atoms with Crippen LogP contribution in [-0.4, -0.2) is 67.7 Å². The molecular weight excluding hydrogens is 641 g/mol. The van der Waals surface area contributed by atoms with Crippen molar-refractivity contribution in [2.24, 2.45) is 29.4 Å². The summed E-state index contributed by atoms with van der Waals surface area (Å²) < 4.78 is 50.4. The van der Waals surface area contributed by atoms with Gasteiger partial charge in [-0.1, -0.05) is 19.3 Å². The molecule has 4 amide bonds. The van der Waals surface area contributed by atoms with Crippen LogP contribution in [0.1, 0.15) is 95.5 Å². The van der Waals surface area contributed by atoms with Crippen LogP contribution in [0.2, 0.25) is 0 Å². The molecule has 1 aromatic heterocycles. The Labute approximate surface area is 285 Å². The molecule has 5 rings (SSSR count). The van der Waals surface area contributed by atoms with Crippen LogP contribution in [0.25, 0.3) is 11.0 Å². The monoisotopic (exact) mass is 691 g/mol. The maximum Gasteiger partial charge on any atom is 0.407 e. The molecule has 0 spiro atoms. The number of ether oxygens (including phenoxy) is 1. The number of alkyl carbamates (subject to hydrolysis) is 1. The van der Waals surface area contributed by atoms with E-state index in [9.17, 15) is 32.3 Å². The van der Waals surface area contributed by atoms with Gasteiger partial charge in [0, 0.05) is 29.9 Å². The summed E-state index contributed by atoms with van der Waals surface area (Å²) in [5.41, 5.74) is 6.40. The summed E-state index contributed by atoms with van der Waals surface area (Å²) in [6.45, 7) is 4.01. The fourth-order valence-electron chi connectivity index (χ4n) is 8.61. The quantitative estimate of drug-likeness (QED) is 0.247. The van der Waals surface area contributed by atoms with Gasteiger partial charge in [-0.05, 0) is 83.3 Å². The van der Waals surface area contributed by atoms with E-state index in [2.05, 4.69) is 10.6 Å². The Kier molecular flexibility index (Phi) is 11.3. The zero-order valence-electron chi connectivity index (χ0n) is 28.7. The lowest BCUT2D eigenvalue weighted by Crippen LogP contribution is -2.65. The molecule has 10 nitrogen and oxygen atoms in total. The van der Waals surface area contributed by atoms with E-state index in [0.29, 0.717) is 55.3 Å². The molecule has 2 saturated carbocycles. The van der Waals surface area contributed by atoms with Gasteiger partial charge in [0.25, 0.3) is 18.2 Å². The number of fused-ring (bicyclic) bond motifs is 1. The number of alkyl halides is 3. The minimum absolute atomic E-state index is 0.0808. The Hall–Kier alpha value is -3.61. The van der Waals surface area contributed by atoms with E-state index in [1.54, 1.807) is 39.0 Å². The van der Waals surface area contributed by atoms with Gasteiger partial charge in [-0.25, -0.2) is 27.2 Å². The van der Waals surface area contributed by atoms with Crippen LogP contribution in [0.5, 0.6) is 0 Å². The fraction of sp³-hybridized carbons (Fsp3) is 0.667. The van der Waals surface area contributed by atoms with Crippen LogP contribution in [-0.2, 0) is 14.3 Å². The molecule has 13 heteroatoms. The van der Waals surface area contributed by atoms with E-state index in [1.807, 2.05) is 0 Å². The number of hydrogen-bond donors (Lipinski definition) is 3. The van der Waals surface area contributed by atoms with Gasteiger partial charge in [0.05, 0.1) is 25.0 Å². The number of hydrogen-bond acceptors (Lipinski definition) is 6. The van der Waals surface area contributed by atoms with E-state index in [1.165, 1.54) is 6.07 Å². The van der Waals surface area contributed by atoms with Crippen LogP contribution in [0, 0.1) is 23.7 Å². The van der Waals surface area contributed by atoms with Crippen molar-refractivity contribution in [3.63, 3.8) is 0 Å². The second-order valence-corrected chi connectivity index (χ2v) is 15.1. The van der Waals surface area contributed by atoms with Crippen molar-refractivity contribution in [1.29, 1.82) is 0 Å². The van der Waals surface area contributed by atoms with Gasteiger partial charge in [0.2, 0.25) is 0 Å². The number of primary amides is 1. The van der Waals surface area contributed by atoms with Crippen LogP contribution in [0.4, 0.5) is 23.7 Å². The minimum atomic E-state index is -2.72. The number of halogens is 3. The number of amides is 4. The van der Waals surface area contributed by atoms with Crippen molar-refractivity contribution in [3.05, 3.63) is 30.0 Å². The molecule has 1 saturated heterocycles. The number of nitrogens with zero attached hydrogens (tertiary/aromatic N) is 1. The van der Waals surface area contributed by atoms with Gasteiger partial charge in [-0.3, -0.25) is 9.59 Å². The molecule has 2 aliphatic carbocycles. The Morgan fingerprint density at radius 3 is 2.31 bits per heavy atom. The predicted molar refractivity (Wildman–Crippen MR) is 178 cm³/mol. The second-order valence-electron chi connectivity index (χ2n) is 15.1. The Bertz CT molecular complexity index is 1510. The number of nitrogens with one attached hydrogen (secondary N) is 2. The van der Waals surface area contributed by atoms with Gasteiger partial charge in [-0.2, -0.15) is 0 Å². The van der Waals surface area contributed by atoms with E-state index in [-0.39, 0.29) is 33.9 Å². The topological polar surface area (TPSA) is 141 Å². The third-order valence-electron chi connectivity index (χ3n) is 10.8. The summed E-state index contributed by atoms with van der Waals surface area (Å²) >= 11 is 0. The van der Waals surface area contributed by atoms with E-state index >= 15 is 0 Å². The van der Waals surface area contributed by atoms with Crippen molar-refractivity contribution < 1.29 is 41.5 Å². The number of rotatable bonds is 10. The van der Waals surface area contributed by atoms with Gasteiger partial charge in [0.1, 0.15) is 23.5 Å². The average molecular weight is 692 g/mol. The summed E-state index contributed by atoms with van der Waals surface area (Å²) in [7, 11) is 0. The average Bonchev–Trinajstić information content (AvgIpc) is 3.68. The molecule has 4 atom stereocenters. The first kappa shape index (κ1) is 36.7. The smallest absolute Gasteiger partial charge is 0.407 e. The summed E-state index contributed by atoms with van der Waals surface area (Å²) in [5.74, 6) is -2.00. The SMILES string of the molecule is CC(C)(C)OC(=O)N[C@H](CF)[C@H]1CC[C@H](C(=O)[N+]2(c3ccc4oc(C(=O)NCC(F)F)cc4c3)CC[C@@H](C3CCCCC3)[C@H]2C(N)=O)CC1. The van der Waals surface area contributed by atoms with Gasteiger partial charge < -0.3 is 25.5 Å². The molecule has 0 bridgehead atoms. The lowest BCUT2D eigenvalue weighted by Gasteiger charge is -2.42. The standard InChI is InChI=1S/C36H49F3N4O6/c1-36(2,3)49-35(47)42-27(19-37)22-9-11-23(12-10-22)34(46)43(16-15-26(31(43)32(40)44)21-7-5-4-6-8-21)25-13-14-28-24(17-25)18-29(48-28)33(45)41-20-30(38)39/h13-14,17-18,21-23,26-27,30-31H,4-12,15-16,19-20H2,1-3H3,(H3-,40,41,42,44,45,47)/p+1/t22-,23-,26-,27+,31-,43?/m0/s1. The van der Waals surface area contributed by atoms with Crippen molar-refractivity contribution in [1.82, 2.24) is 15.1 Å². The number of quaternary nitrogens is 1. The number of likely N-dealkylation sites (tertiary alicyclic amines) is 1. The first-order chi connectivity index (χ1) is 23.2.